The summed E-state index contributed by atoms with van der Waals surface area (Å²) in [5.74, 6) is 1.21. The van der Waals surface area contributed by atoms with Gasteiger partial charge in [0.2, 0.25) is 0 Å². The molecular formula is C32H21N5OPt. The molecule has 0 unspecified atom stereocenters. The molecule has 8 rings (SSSR count). The van der Waals surface area contributed by atoms with Gasteiger partial charge in [-0.1, -0.05) is 64.0 Å². The van der Waals surface area contributed by atoms with E-state index in [0.717, 1.165) is 71.9 Å². The van der Waals surface area contributed by atoms with Gasteiger partial charge in [-0.05, 0) is 44.4 Å². The Morgan fingerprint density at radius 1 is 0.718 bits per heavy atom. The molecule has 5 heterocycles. The molecular weight excluding hydrogens is 665 g/mol. The van der Waals surface area contributed by atoms with Crippen molar-refractivity contribution in [3.8, 4) is 11.5 Å². The number of para-hydroxylation sites is 1. The van der Waals surface area contributed by atoms with Gasteiger partial charge >= 0.3 is 21.1 Å². The number of hydrogen-bond donors (Lipinski definition) is 0. The predicted octanol–water partition coefficient (Wildman–Crippen LogP) is 7.31. The summed E-state index contributed by atoms with van der Waals surface area (Å²) in [7, 11) is 0. The van der Waals surface area contributed by atoms with Crippen LogP contribution in [0, 0.1) is 32.9 Å². The number of aryl methyl sites for hydroxylation is 3. The van der Waals surface area contributed by atoms with Gasteiger partial charge in [0.25, 0.3) is 0 Å². The Bertz CT molecular complexity index is 2260. The fourth-order valence-corrected chi connectivity index (χ4v) is 5.59. The minimum absolute atomic E-state index is 0. The van der Waals surface area contributed by atoms with E-state index < -0.39 is 0 Å². The van der Waals surface area contributed by atoms with Gasteiger partial charge in [0.15, 0.2) is 0 Å². The van der Waals surface area contributed by atoms with Crippen LogP contribution in [0.3, 0.4) is 0 Å². The van der Waals surface area contributed by atoms with E-state index in [1.54, 1.807) is 0 Å². The van der Waals surface area contributed by atoms with Crippen LogP contribution in [0.2, 0.25) is 0 Å². The SMILES string of the molecule is Cc1cn2c3ccccc3c3ccc(Oc4[c-]c5c(cc4)c4ncccc4n4c(C)c(C)nc54)[c-]c3c2n1.[Pt+2]. The van der Waals surface area contributed by atoms with Crippen molar-refractivity contribution in [1.82, 2.24) is 23.8 Å². The molecule has 0 atom stereocenters. The molecule has 190 valence electrons. The normalized spacial score (nSPS) is 11.8. The van der Waals surface area contributed by atoms with E-state index in [9.17, 15) is 0 Å². The first-order chi connectivity index (χ1) is 18.6. The molecule has 0 bridgehead atoms. The maximum absolute atomic E-state index is 6.35. The van der Waals surface area contributed by atoms with Crippen LogP contribution < -0.4 is 4.74 Å². The molecule has 0 amide bonds. The predicted molar refractivity (Wildman–Crippen MR) is 150 cm³/mol. The first-order valence-corrected chi connectivity index (χ1v) is 12.6. The minimum Gasteiger partial charge on any atom is -0.497 e. The minimum atomic E-state index is 0. The van der Waals surface area contributed by atoms with Crippen molar-refractivity contribution < 1.29 is 25.8 Å². The van der Waals surface area contributed by atoms with Crippen LogP contribution in [-0.4, -0.2) is 23.8 Å². The molecule has 0 aliphatic rings. The Kier molecular flexibility index (Phi) is 5.26. The number of fused-ring (bicyclic) bond motifs is 12. The van der Waals surface area contributed by atoms with Crippen LogP contribution in [-0.2, 0) is 21.1 Å². The zero-order valence-corrected chi connectivity index (χ0v) is 23.7. The van der Waals surface area contributed by atoms with Gasteiger partial charge < -0.3 is 13.5 Å². The zero-order chi connectivity index (χ0) is 25.5. The Labute approximate surface area is 238 Å². The first-order valence-electron chi connectivity index (χ1n) is 12.6. The molecule has 6 nitrogen and oxygen atoms in total. The molecule has 39 heavy (non-hydrogen) atoms. The summed E-state index contributed by atoms with van der Waals surface area (Å²) >= 11 is 0. The molecule has 0 saturated heterocycles. The molecule has 8 aromatic rings. The van der Waals surface area contributed by atoms with E-state index in [-0.39, 0.29) is 21.1 Å². The fourth-order valence-electron chi connectivity index (χ4n) is 5.59. The molecule has 5 aromatic heterocycles. The monoisotopic (exact) mass is 686 g/mol. The average molecular weight is 687 g/mol. The summed E-state index contributed by atoms with van der Waals surface area (Å²) in [6.07, 6.45) is 3.89. The van der Waals surface area contributed by atoms with E-state index in [2.05, 4.69) is 75.4 Å². The molecule has 7 heteroatoms. The molecule has 0 saturated carbocycles. The smallest absolute Gasteiger partial charge is 0.497 e. The fraction of sp³-hybridized carbons (Fsp3) is 0.0938. The average Bonchev–Trinajstić information content (AvgIpc) is 3.48. The van der Waals surface area contributed by atoms with Crippen molar-refractivity contribution in [3.63, 3.8) is 0 Å². The molecule has 0 fully saturated rings. The summed E-state index contributed by atoms with van der Waals surface area (Å²) in [4.78, 5) is 14.4. The van der Waals surface area contributed by atoms with Crippen LogP contribution in [0.1, 0.15) is 17.1 Å². The Balaban J connectivity index is 0.00000253. The number of benzene rings is 3. The third-order valence-corrected chi connectivity index (χ3v) is 7.41. The molecule has 0 aliphatic heterocycles. The van der Waals surface area contributed by atoms with Gasteiger partial charge in [-0.2, -0.15) is 0 Å². The van der Waals surface area contributed by atoms with Crippen molar-refractivity contribution >= 4 is 54.8 Å². The van der Waals surface area contributed by atoms with Gasteiger partial charge in [-0.15, -0.1) is 12.1 Å². The number of ether oxygens (including phenoxy) is 1. The Morgan fingerprint density at radius 3 is 2.26 bits per heavy atom. The van der Waals surface area contributed by atoms with Crippen LogP contribution in [0.4, 0.5) is 0 Å². The Hall–Kier alpha value is -4.28. The molecule has 3 aromatic carbocycles. The van der Waals surface area contributed by atoms with Crippen molar-refractivity contribution in [2.75, 3.05) is 0 Å². The van der Waals surface area contributed by atoms with Crippen LogP contribution in [0.25, 0.3) is 54.8 Å². The molecule has 0 aliphatic carbocycles. The first kappa shape index (κ1) is 23.8. The van der Waals surface area contributed by atoms with E-state index in [4.69, 9.17) is 14.7 Å². The number of aromatic nitrogens is 5. The molecule has 0 N–H and O–H groups in total. The number of nitrogens with zero attached hydrogens (tertiary/aromatic N) is 5. The zero-order valence-electron chi connectivity index (χ0n) is 21.4. The van der Waals surface area contributed by atoms with Gasteiger partial charge in [0.05, 0.1) is 22.3 Å². The summed E-state index contributed by atoms with van der Waals surface area (Å²) in [6, 6.07) is 27.4. The van der Waals surface area contributed by atoms with E-state index in [0.29, 0.717) is 11.5 Å². The second-order valence-corrected chi connectivity index (χ2v) is 9.73. The summed E-state index contributed by atoms with van der Waals surface area (Å²) in [6.45, 7) is 6.12. The van der Waals surface area contributed by atoms with Gasteiger partial charge in [-0.25, -0.2) is 0 Å². The standard InChI is InChI=1S/C32H21N5O.Pt/c1-18-17-36-28-8-5-4-7-24(28)23-12-10-21(15-26(23)31(36)34-18)38-22-11-13-25-27(16-22)32-35-19(2)20(3)37(32)29-9-6-14-33-30(25)29;/h4-14,17H,1-3H3;/q-2;+2. The summed E-state index contributed by atoms with van der Waals surface area (Å²) < 4.78 is 10.6. The van der Waals surface area contributed by atoms with Gasteiger partial charge in [0.1, 0.15) is 0 Å². The van der Waals surface area contributed by atoms with Crippen molar-refractivity contribution in [2.45, 2.75) is 20.8 Å². The third-order valence-electron chi connectivity index (χ3n) is 7.41. The number of pyridine rings is 3. The van der Waals surface area contributed by atoms with E-state index in [1.807, 2.05) is 44.3 Å². The Morgan fingerprint density at radius 2 is 1.44 bits per heavy atom. The molecule has 0 spiro atoms. The number of hydrogen-bond acceptors (Lipinski definition) is 4. The number of rotatable bonds is 2. The van der Waals surface area contributed by atoms with E-state index >= 15 is 0 Å². The quantitative estimate of drug-likeness (QED) is 0.142. The van der Waals surface area contributed by atoms with Gasteiger partial charge in [0, 0.05) is 46.5 Å². The van der Waals surface area contributed by atoms with Crippen molar-refractivity contribution in [2.24, 2.45) is 0 Å². The van der Waals surface area contributed by atoms with Crippen LogP contribution in [0.15, 0.2) is 73.1 Å². The van der Waals surface area contributed by atoms with E-state index in [1.165, 1.54) is 0 Å². The second-order valence-electron chi connectivity index (χ2n) is 9.73. The largest absolute Gasteiger partial charge is 2.00 e. The van der Waals surface area contributed by atoms with Crippen molar-refractivity contribution in [3.05, 3.63) is 102 Å². The van der Waals surface area contributed by atoms with Crippen LogP contribution in [0.5, 0.6) is 11.5 Å². The van der Waals surface area contributed by atoms with Crippen molar-refractivity contribution in [1.29, 1.82) is 0 Å². The second kappa shape index (κ2) is 8.62. The topological polar surface area (TPSA) is 56.7 Å². The van der Waals surface area contributed by atoms with Gasteiger partial charge in [-0.3, -0.25) is 15.0 Å². The summed E-state index contributed by atoms with van der Waals surface area (Å²) in [5, 5.41) is 5.04. The molecule has 0 radical (unpaired) electrons. The third kappa shape index (κ3) is 3.41. The summed E-state index contributed by atoms with van der Waals surface area (Å²) in [5.41, 5.74) is 7.82. The van der Waals surface area contributed by atoms with Crippen LogP contribution >= 0.6 is 0 Å². The maximum atomic E-state index is 6.35. The number of imidazole rings is 2. The maximum Gasteiger partial charge on any atom is 2.00 e.